The van der Waals surface area contributed by atoms with Gasteiger partial charge < -0.3 is 24.5 Å². The molecule has 7 nitrogen and oxygen atoms in total. The molecule has 0 radical (unpaired) electrons. The zero-order valence-corrected chi connectivity index (χ0v) is 14.1. The van der Waals surface area contributed by atoms with Crippen molar-refractivity contribution in [2.75, 3.05) is 13.2 Å². The van der Waals surface area contributed by atoms with Gasteiger partial charge >= 0.3 is 0 Å². The lowest BCUT2D eigenvalue weighted by atomic mass is 10.0. The number of ether oxygens (including phenoxy) is 1. The highest BCUT2D eigenvalue weighted by Gasteiger charge is 2.27. The Bertz CT molecular complexity index is 971. The molecule has 0 bridgehead atoms. The van der Waals surface area contributed by atoms with Gasteiger partial charge in [-0.3, -0.25) is 9.59 Å². The molecule has 1 amide bonds. The fourth-order valence-electron chi connectivity index (χ4n) is 3.00. The minimum Gasteiger partial charge on any atom is -0.507 e. The molecule has 0 fully saturated rings. The number of benzene rings is 1. The number of amides is 1. The van der Waals surface area contributed by atoms with Crippen molar-refractivity contribution in [3.63, 3.8) is 0 Å². The van der Waals surface area contributed by atoms with Crippen molar-refractivity contribution in [2.45, 2.75) is 19.6 Å². The average molecular weight is 378 g/mol. The average Bonchev–Trinajstić information content (AvgIpc) is 2.66. The van der Waals surface area contributed by atoms with E-state index >= 15 is 0 Å². The topological polar surface area (TPSA) is 97.6 Å². The van der Waals surface area contributed by atoms with Crippen LogP contribution in [0, 0.1) is 11.6 Å². The summed E-state index contributed by atoms with van der Waals surface area (Å²) < 4.78 is 33.2. The summed E-state index contributed by atoms with van der Waals surface area (Å²) in [4.78, 5) is 35.6. The van der Waals surface area contributed by atoms with Gasteiger partial charge in [-0.2, -0.15) is 0 Å². The molecule has 2 heterocycles. The van der Waals surface area contributed by atoms with E-state index in [1.54, 1.807) is 0 Å². The number of carbonyl (C=O) groups is 2. The highest BCUT2D eigenvalue weighted by Crippen LogP contribution is 2.28. The second-order valence-corrected chi connectivity index (χ2v) is 5.97. The zero-order valence-electron chi connectivity index (χ0n) is 14.1. The van der Waals surface area contributed by atoms with Gasteiger partial charge in [0, 0.05) is 12.0 Å². The summed E-state index contributed by atoms with van der Waals surface area (Å²) in [6.07, 6.45) is 0.716. The van der Waals surface area contributed by atoms with Crippen LogP contribution in [0.2, 0.25) is 0 Å². The van der Waals surface area contributed by atoms with E-state index in [9.17, 15) is 28.3 Å². The maximum absolute atomic E-state index is 13.5. The molecule has 1 aliphatic heterocycles. The summed E-state index contributed by atoms with van der Waals surface area (Å²) in [5.41, 5.74) is -0.279. The molecule has 0 unspecified atom stereocenters. The lowest BCUT2D eigenvalue weighted by Gasteiger charge is -2.24. The molecule has 27 heavy (non-hydrogen) atoms. The van der Waals surface area contributed by atoms with Crippen LogP contribution >= 0.6 is 0 Å². The van der Waals surface area contributed by atoms with Crippen molar-refractivity contribution in [3.8, 4) is 5.75 Å². The third kappa shape index (κ3) is 3.59. The van der Waals surface area contributed by atoms with Crippen LogP contribution in [0.3, 0.4) is 0 Å². The highest BCUT2D eigenvalue weighted by molar-refractivity contribution is 5.97. The number of fused-ring (bicyclic) bond motifs is 1. The van der Waals surface area contributed by atoms with Crippen LogP contribution in [0.25, 0.3) is 0 Å². The van der Waals surface area contributed by atoms with E-state index in [1.165, 1.54) is 10.6 Å². The Morgan fingerprint density at radius 3 is 2.81 bits per heavy atom. The van der Waals surface area contributed by atoms with Crippen LogP contribution in [-0.4, -0.2) is 35.0 Å². The summed E-state index contributed by atoms with van der Waals surface area (Å²) in [6, 6.07) is 3.22. The fourth-order valence-corrected chi connectivity index (χ4v) is 3.00. The standard InChI is InChI=1S/C18H16F2N2O5/c19-12-2-1-10(7-13(12)20)8-22-14-9-27-6-3-11(14)16(24)15(18(22)26)17(25)21-4-5-23/h1-2,5,7,24H,3-4,6,8-9H2,(H,21,25). The van der Waals surface area contributed by atoms with Crippen LogP contribution in [0.15, 0.2) is 23.0 Å². The number of halogens is 2. The third-order valence-corrected chi connectivity index (χ3v) is 4.29. The molecule has 1 aliphatic rings. The van der Waals surface area contributed by atoms with Gasteiger partial charge in [-0.15, -0.1) is 0 Å². The first-order valence-electron chi connectivity index (χ1n) is 8.15. The van der Waals surface area contributed by atoms with Gasteiger partial charge in [0.05, 0.1) is 32.0 Å². The SMILES string of the molecule is O=CCNC(=O)c1c(O)c2c(n(Cc3ccc(F)c(F)c3)c1=O)COCC2. The summed E-state index contributed by atoms with van der Waals surface area (Å²) in [5, 5.41) is 12.7. The number of aromatic nitrogens is 1. The van der Waals surface area contributed by atoms with E-state index in [4.69, 9.17) is 4.74 Å². The van der Waals surface area contributed by atoms with Crippen LogP contribution in [0.4, 0.5) is 8.78 Å². The largest absolute Gasteiger partial charge is 0.507 e. The van der Waals surface area contributed by atoms with Gasteiger partial charge in [0.2, 0.25) is 0 Å². The predicted molar refractivity (Wildman–Crippen MR) is 89.6 cm³/mol. The van der Waals surface area contributed by atoms with Crippen molar-refractivity contribution in [1.29, 1.82) is 0 Å². The lowest BCUT2D eigenvalue weighted by Crippen LogP contribution is -2.37. The second-order valence-electron chi connectivity index (χ2n) is 5.97. The summed E-state index contributed by atoms with van der Waals surface area (Å²) in [5.74, 6) is -3.43. The minimum absolute atomic E-state index is 0.0258. The molecule has 0 spiro atoms. The second kappa shape index (κ2) is 7.67. The number of hydrogen-bond donors (Lipinski definition) is 2. The smallest absolute Gasteiger partial charge is 0.267 e. The normalized spacial score (nSPS) is 13.1. The summed E-state index contributed by atoms with van der Waals surface area (Å²) in [6.45, 7) is -0.144. The quantitative estimate of drug-likeness (QED) is 0.753. The molecule has 1 aromatic carbocycles. The number of hydrogen-bond acceptors (Lipinski definition) is 5. The van der Waals surface area contributed by atoms with E-state index in [2.05, 4.69) is 5.32 Å². The molecule has 2 aromatic rings. The van der Waals surface area contributed by atoms with E-state index in [0.29, 0.717) is 29.7 Å². The van der Waals surface area contributed by atoms with E-state index in [1.807, 2.05) is 0 Å². The molecule has 2 N–H and O–H groups in total. The molecule has 0 saturated heterocycles. The Hall–Kier alpha value is -3.07. The number of pyridine rings is 1. The van der Waals surface area contributed by atoms with Gasteiger partial charge in [-0.05, 0) is 17.7 Å². The van der Waals surface area contributed by atoms with Crippen molar-refractivity contribution in [1.82, 2.24) is 9.88 Å². The maximum atomic E-state index is 13.5. The van der Waals surface area contributed by atoms with E-state index < -0.39 is 34.4 Å². The van der Waals surface area contributed by atoms with Gasteiger partial charge in [-0.25, -0.2) is 8.78 Å². The van der Waals surface area contributed by atoms with Gasteiger partial charge in [-0.1, -0.05) is 6.07 Å². The first-order valence-corrected chi connectivity index (χ1v) is 8.15. The Balaban J connectivity index is 2.13. The minimum atomic E-state index is -1.06. The lowest BCUT2D eigenvalue weighted by molar-refractivity contribution is -0.107. The number of rotatable bonds is 5. The Morgan fingerprint density at radius 1 is 1.33 bits per heavy atom. The van der Waals surface area contributed by atoms with Crippen LogP contribution in [-0.2, 0) is 29.1 Å². The van der Waals surface area contributed by atoms with Gasteiger partial charge in [0.15, 0.2) is 11.6 Å². The first kappa shape index (κ1) is 18.7. The summed E-state index contributed by atoms with van der Waals surface area (Å²) in [7, 11) is 0. The Kier molecular flexibility index (Phi) is 5.31. The monoisotopic (exact) mass is 378 g/mol. The van der Waals surface area contributed by atoms with Crippen LogP contribution < -0.4 is 10.9 Å². The van der Waals surface area contributed by atoms with E-state index in [0.717, 1.165) is 12.1 Å². The van der Waals surface area contributed by atoms with E-state index in [-0.39, 0.29) is 26.1 Å². The molecule has 9 heteroatoms. The van der Waals surface area contributed by atoms with Crippen molar-refractivity contribution >= 4 is 12.2 Å². The first-order chi connectivity index (χ1) is 12.9. The Labute approximate surface area is 152 Å². The molecular weight excluding hydrogens is 362 g/mol. The molecular formula is C18H16F2N2O5. The predicted octanol–water partition coefficient (Wildman–Crippen LogP) is 0.882. The molecule has 0 atom stereocenters. The zero-order chi connectivity index (χ0) is 19.6. The Morgan fingerprint density at radius 2 is 2.11 bits per heavy atom. The number of carbonyl (C=O) groups excluding carboxylic acids is 2. The summed E-state index contributed by atoms with van der Waals surface area (Å²) >= 11 is 0. The number of aldehydes is 1. The van der Waals surface area contributed by atoms with Crippen LogP contribution in [0.1, 0.15) is 27.2 Å². The maximum Gasteiger partial charge on any atom is 0.267 e. The molecule has 3 rings (SSSR count). The third-order valence-electron chi connectivity index (χ3n) is 4.29. The van der Waals surface area contributed by atoms with Crippen LogP contribution in [0.5, 0.6) is 5.75 Å². The number of nitrogens with one attached hydrogen (secondary N) is 1. The molecule has 0 aliphatic carbocycles. The fraction of sp³-hybridized carbons (Fsp3) is 0.278. The van der Waals surface area contributed by atoms with Gasteiger partial charge in [0.1, 0.15) is 17.6 Å². The molecule has 0 saturated carbocycles. The molecule has 142 valence electrons. The van der Waals surface area contributed by atoms with Gasteiger partial charge in [0.25, 0.3) is 11.5 Å². The molecule has 1 aromatic heterocycles. The van der Waals surface area contributed by atoms with Crippen molar-refractivity contribution in [2.24, 2.45) is 0 Å². The highest BCUT2D eigenvalue weighted by atomic mass is 19.2. The van der Waals surface area contributed by atoms with Crippen molar-refractivity contribution < 1.29 is 28.2 Å². The number of nitrogens with zero attached hydrogens (tertiary/aromatic N) is 1. The number of aromatic hydroxyl groups is 1. The van der Waals surface area contributed by atoms with Crippen molar-refractivity contribution in [3.05, 3.63) is 62.6 Å².